The van der Waals surface area contributed by atoms with E-state index in [0.29, 0.717) is 17.6 Å². The third-order valence-electron chi connectivity index (χ3n) is 11.2. The summed E-state index contributed by atoms with van der Waals surface area (Å²) in [5, 5.41) is 6.72. The Kier molecular flexibility index (Phi) is 6.83. The highest BCUT2D eigenvalue weighted by Gasteiger charge is 2.22. The van der Waals surface area contributed by atoms with E-state index in [0.717, 1.165) is 71.6 Å². The molecular formula is C51H31N5O. The highest BCUT2D eigenvalue weighted by molar-refractivity contribution is 6.19. The fourth-order valence-corrected chi connectivity index (χ4v) is 8.58. The molecule has 0 N–H and O–H groups in total. The Balaban J connectivity index is 1.14. The first-order chi connectivity index (χ1) is 28.3. The van der Waals surface area contributed by atoms with Gasteiger partial charge >= 0.3 is 0 Å². The maximum absolute atomic E-state index is 6.51. The van der Waals surface area contributed by atoms with Crippen molar-refractivity contribution in [3.63, 3.8) is 0 Å². The number of aromatic nitrogens is 5. The van der Waals surface area contributed by atoms with Crippen molar-refractivity contribution in [2.45, 2.75) is 0 Å². The molecule has 12 rings (SSSR count). The molecule has 12 aromatic rings. The van der Waals surface area contributed by atoms with Gasteiger partial charge in [-0.3, -0.25) is 4.57 Å². The van der Waals surface area contributed by atoms with Crippen molar-refractivity contribution >= 4 is 65.6 Å². The number of para-hydroxylation sites is 4. The lowest BCUT2D eigenvalue weighted by atomic mass is 10.1. The number of hydrogen-bond acceptors (Lipinski definition) is 4. The third-order valence-corrected chi connectivity index (χ3v) is 11.2. The van der Waals surface area contributed by atoms with Crippen molar-refractivity contribution in [1.29, 1.82) is 0 Å². The molecule has 0 atom stereocenters. The number of fused-ring (bicyclic) bond motifs is 9. The lowest BCUT2D eigenvalue weighted by Gasteiger charge is -2.12. The van der Waals surface area contributed by atoms with Gasteiger partial charge in [-0.1, -0.05) is 140 Å². The van der Waals surface area contributed by atoms with E-state index in [2.05, 4.69) is 137 Å². The quantitative estimate of drug-likeness (QED) is 0.177. The second-order valence-electron chi connectivity index (χ2n) is 14.4. The maximum atomic E-state index is 6.51. The number of hydrogen-bond donors (Lipinski definition) is 0. The van der Waals surface area contributed by atoms with Gasteiger partial charge in [-0.25, -0.2) is 4.98 Å². The molecule has 266 valence electrons. The van der Waals surface area contributed by atoms with Crippen molar-refractivity contribution < 1.29 is 4.42 Å². The Morgan fingerprint density at radius 1 is 0.351 bits per heavy atom. The molecule has 0 aliphatic heterocycles. The number of benzene rings is 8. The molecule has 8 aromatic carbocycles. The molecule has 6 nitrogen and oxygen atoms in total. The van der Waals surface area contributed by atoms with E-state index in [1.54, 1.807) is 0 Å². The van der Waals surface area contributed by atoms with Crippen molar-refractivity contribution in [2.24, 2.45) is 0 Å². The molecule has 0 fully saturated rings. The summed E-state index contributed by atoms with van der Waals surface area (Å²) in [5.74, 6) is 1.67. The molecule has 0 saturated carbocycles. The Morgan fingerprint density at radius 2 is 0.912 bits per heavy atom. The van der Waals surface area contributed by atoms with Crippen LogP contribution in [-0.4, -0.2) is 24.1 Å². The Hall–Kier alpha value is -7.83. The second-order valence-corrected chi connectivity index (χ2v) is 14.4. The molecule has 0 aliphatic carbocycles. The zero-order valence-electron chi connectivity index (χ0n) is 30.5. The molecule has 0 radical (unpaired) electrons. The minimum atomic E-state index is 0.535. The van der Waals surface area contributed by atoms with Gasteiger partial charge in [0.1, 0.15) is 11.2 Å². The lowest BCUT2D eigenvalue weighted by Crippen LogP contribution is -2.06. The van der Waals surface area contributed by atoms with Crippen LogP contribution in [0.25, 0.3) is 111 Å². The Bertz CT molecular complexity index is 3510. The van der Waals surface area contributed by atoms with E-state index in [-0.39, 0.29) is 0 Å². The minimum Gasteiger partial charge on any atom is -0.455 e. The van der Waals surface area contributed by atoms with Crippen LogP contribution in [-0.2, 0) is 0 Å². The van der Waals surface area contributed by atoms with Gasteiger partial charge in [-0.15, -0.1) is 0 Å². The van der Waals surface area contributed by atoms with E-state index in [4.69, 9.17) is 19.4 Å². The highest BCUT2D eigenvalue weighted by atomic mass is 16.3. The minimum absolute atomic E-state index is 0.535. The van der Waals surface area contributed by atoms with Crippen LogP contribution in [0.2, 0.25) is 0 Å². The van der Waals surface area contributed by atoms with Crippen LogP contribution in [0.5, 0.6) is 0 Å². The van der Waals surface area contributed by atoms with Gasteiger partial charge in [-0.05, 0) is 59.7 Å². The normalized spacial score (nSPS) is 11.9. The maximum Gasteiger partial charge on any atom is 0.238 e. The smallest absolute Gasteiger partial charge is 0.238 e. The molecule has 0 aliphatic rings. The van der Waals surface area contributed by atoms with Gasteiger partial charge in [-0.2, -0.15) is 9.97 Å². The largest absolute Gasteiger partial charge is 0.455 e. The van der Waals surface area contributed by atoms with E-state index < -0.39 is 0 Å². The van der Waals surface area contributed by atoms with Crippen LogP contribution in [0, 0.1) is 0 Å². The van der Waals surface area contributed by atoms with Crippen LogP contribution in [0.4, 0.5) is 0 Å². The van der Waals surface area contributed by atoms with Crippen LogP contribution in [0.1, 0.15) is 0 Å². The van der Waals surface area contributed by atoms with Crippen LogP contribution in [0.15, 0.2) is 192 Å². The van der Waals surface area contributed by atoms with Crippen molar-refractivity contribution in [1.82, 2.24) is 24.1 Å². The second kappa shape index (κ2) is 12.3. The van der Waals surface area contributed by atoms with Gasteiger partial charge in [0.15, 0.2) is 11.6 Å². The summed E-state index contributed by atoms with van der Waals surface area (Å²) in [5.41, 5.74) is 11.0. The molecule has 0 saturated heterocycles. The predicted octanol–water partition coefficient (Wildman–Crippen LogP) is 13.0. The van der Waals surface area contributed by atoms with E-state index in [1.807, 2.05) is 60.7 Å². The molecule has 4 aromatic heterocycles. The molecular weight excluding hydrogens is 699 g/mol. The molecule has 6 heteroatoms. The Labute approximate surface area is 326 Å². The predicted molar refractivity (Wildman–Crippen MR) is 232 cm³/mol. The topological polar surface area (TPSA) is 61.7 Å². The fraction of sp³-hybridized carbons (Fsp3) is 0. The van der Waals surface area contributed by atoms with E-state index in [9.17, 15) is 0 Å². The summed E-state index contributed by atoms with van der Waals surface area (Å²) in [7, 11) is 0. The zero-order valence-corrected chi connectivity index (χ0v) is 30.5. The number of rotatable bonds is 5. The average Bonchev–Trinajstić information content (AvgIpc) is 3.93. The summed E-state index contributed by atoms with van der Waals surface area (Å²) in [4.78, 5) is 15.7. The van der Waals surface area contributed by atoms with E-state index in [1.165, 1.54) is 21.9 Å². The Morgan fingerprint density at radius 3 is 1.65 bits per heavy atom. The summed E-state index contributed by atoms with van der Waals surface area (Å²) in [6.45, 7) is 0. The molecule has 0 amide bonds. The summed E-state index contributed by atoms with van der Waals surface area (Å²) in [6.07, 6.45) is 0. The summed E-state index contributed by atoms with van der Waals surface area (Å²) in [6, 6.07) is 65.7. The van der Waals surface area contributed by atoms with Crippen LogP contribution in [0.3, 0.4) is 0 Å². The molecule has 0 unspecified atom stereocenters. The first-order valence-corrected chi connectivity index (χ1v) is 19.1. The third kappa shape index (κ3) is 4.87. The number of furan rings is 1. The molecule has 4 heterocycles. The number of nitrogens with zero attached hydrogens (tertiary/aromatic N) is 5. The molecule has 0 bridgehead atoms. The van der Waals surface area contributed by atoms with Gasteiger partial charge in [0.05, 0.1) is 27.6 Å². The van der Waals surface area contributed by atoms with Crippen molar-refractivity contribution in [2.75, 3.05) is 0 Å². The molecule has 0 spiro atoms. The SMILES string of the molecule is c1ccc(-c2ccc(-n3c4ccccc4c4cc5c6ccccc6n(-c6nc(-c7ccccc7)nc(-c7cccc8c7oc7ccccc78)n6)c5cc43)cc2)cc1. The summed E-state index contributed by atoms with van der Waals surface area (Å²) >= 11 is 0. The lowest BCUT2D eigenvalue weighted by molar-refractivity contribution is 0.669. The zero-order chi connectivity index (χ0) is 37.5. The van der Waals surface area contributed by atoms with Gasteiger partial charge < -0.3 is 8.98 Å². The van der Waals surface area contributed by atoms with Crippen LogP contribution < -0.4 is 0 Å². The van der Waals surface area contributed by atoms with Gasteiger partial charge in [0.25, 0.3) is 0 Å². The first kappa shape index (κ1) is 31.5. The standard InChI is InChI=1S/C51H31N5O/c1-3-14-32(15-4-1)33-26-28-35(29-27-33)55-43-23-10-7-18-36(43)41-30-42-37-19-8-11-24-44(37)56(46(42)31-45(41)55)51-53-49(34-16-5-2-6-17-34)52-50(54-51)40-22-13-21-39-38-20-9-12-25-47(38)57-48(39)40/h1-31H. The van der Waals surface area contributed by atoms with Gasteiger partial charge in [0.2, 0.25) is 5.95 Å². The monoisotopic (exact) mass is 729 g/mol. The fourth-order valence-electron chi connectivity index (χ4n) is 8.58. The molecule has 57 heavy (non-hydrogen) atoms. The van der Waals surface area contributed by atoms with Crippen LogP contribution >= 0.6 is 0 Å². The van der Waals surface area contributed by atoms with Crippen molar-refractivity contribution in [3.05, 3.63) is 188 Å². The van der Waals surface area contributed by atoms with Gasteiger partial charge in [0, 0.05) is 43.6 Å². The highest BCUT2D eigenvalue weighted by Crippen LogP contribution is 2.41. The summed E-state index contributed by atoms with van der Waals surface area (Å²) < 4.78 is 11.1. The first-order valence-electron chi connectivity index (χ1n) is 19.1. The van der Waals surface area contributed by atoms with E-state index >= 15 is 0 Å². The van der Waals surface area contributed by atoms with Crippen molar-refractivity contribution in [3.8, 4) is 45.5 Å². The average molecular weight is 730 g/mol.